The van der Waals surface area contributed by atoms with Gasteiger partial charge in [0.15, 0.2) is 0 Å². The van der Waals surface area contributed by atoms with Gasteiger partial charge < -0.3 is 19.5 Å². The molecule has 3 rings (SSSR count). The summed E-state index contributed by atoms with van der Waals surface area (Å²) < 4.78 is 17.5. The van der Waals surface area contributed by atoms with Crippen LogP contribution in [-0.2, 0) is 20.9 Å². The fourth-order valence-electron chi connectivity index (χ4n) is 3.46. The molecule has 0 bridgehead atoms. The molecule has 0 fully saturated rings. The van der Waals surface area contributed by atoms with E-state index in [4.69, 9.17) is 14.2 Å². The van der Waals surface area contributed by atoms with Gasteiger partial charge in [0.05, 0.1) is 26.0 Å². The Labute approximate surface area is 196 Å². The quantitative estimate of drug-likeness (QED) is 0.333. The van der Waals surface area contributed by atoms with E-state index in [0.717, 1.165) is 24.2 Å². The fourth-order valence-corrected chi connectivity index (χ4v) is 3.46. The first kappa shape index (κ1) is 24.3. The van der Waals surface area contributed by atoms with Gasteiger partial charge in [-0.3, -0.25) is 4.79 Å². The molecule has 5 nitrogen and oxygen atoms in total. The van der Waals surface area contributed by atoms with E-state index in [-0.39, 0.29) is 12.0 Å². The average Bonchev–Trinajstić information content (AvgIpc) is 2.83. The van der Waals surface area contributed by atoms with Crippen molar-refractivity contribution in [1.82, 2.24) is 0 Å². The van der Waals surface area contributed by atoms with E-state index in [9.17, 15) is 4.79 Å². The molecule has 0 saturated heterocycles. The Hall–Kier alpha value is -3.31. The van der Waals surface area contributed by atoms with Crippen LogP contribution in [0.1, 0.15) is 37.3 Å². The van der Waals surface area contributed by atoms with Crippen molar-refractivity contribution in [2.45, 2.75) is 45.8 Å². The number of rotatable bonds is 11. The second-order valence-electron chi connectivity index (χ2n) is 7.94. The van der Waals surface area contributed by atoms with Crippen molar-refractivity contribution in [2.24, 2.45) is 0 Å². The lowest BCUT2D eigenvalue weighted by Gasteiger charge is -2.23. The van der Waals surface area contributed by atoms with Crippen molar-refractivity contribution in [3.05, 3.63) is 95.3 Å². The number of benzene rings is 2. The van der Waals surface area contributed by atoms with Crippen molar-refractivity contribution in [1.29, 1.82) is 0 Å². The van der Waals surface area contributed by atoms with Gasteiger partial charge in [-0.05, 0) is 60.8 Å². The van der Waals surface area contributed by atoms with Crippen LogP contribution in [0.15, 0.2) is 84.2 Å². The van der Waals surface area contributed by atoms with Gasteiger partial charge in [0.25, 0.3) is 0 Å². The minimum Gasteiger partial charge on any atom is -0.498 e. The first-order chi connectivity index (χ1) is 16.1. The third-order valence-corrected chi connectivity index (χ3v) is 5.46. The average molecular weight is 448 g/mol. The maximum atomic E-state index is 12.5. The van der Waals surface area contributed by atoms with Gasteiger partial charge in [0.1, 0.15) is 17.6 Å². The van der Waals surface area contributed by atoms with E-state index in [0.29, 0.717) is 31.1 Å². The Morgan fingerprint density at radius 3 is 2.73 bits per heavy atom. The minimum atomic E-state index is -0.215. The molecule has 2 aromatic carbocycles. The molecule has 1 aliphatic carbocycles. The number of allylic oxidation sites excluding steroid dienone is 3. The SMILES string of the molecule is CCCCOc1ccccc1NC(=O)/C=C/C1=CCC(OCc2ccccc2C)C(OC)=C1. The van der Waals surface area contributed by atoms with Crippen molar-refractivity contribution >= 4 is 11.6 Å². The normalized spacial score (nSPS) is 15.7. The molecule has 0 heterocycles. The molecule has 174 valence electrons. The fraction of sp³-hybridized carbons (Fsp3) is 0.321. The number of ether oxygens (including phenoxy) is 3. The van der Waals surface area contributed by atoms with Crippen LogP contribution in [0, 0.1) is 6.92 Å². The van der Waals surface area contributed by atoms with Crippen LogP contribution >= 0.6 is 0 Å². The standard InChI is InChI=1S/C28H33NO4/c1-4-5-18-32-25-13-9-8-12-24(25)29-28(30)17-15-22-14-16-26(27(19-22)31-3)33-20-23-11-7-6-10-21(23)2/h6-15,17,19,26H,4-5,16,18,20H2,1-3H3,(H,29,30)/b17-15+. The summed E-state index contributed by atoms with van der Waals surface area (Å²) in [7, 11) is 1.64. The summed E-state index contributed by atoms with van der Waals surface area (Å²) in [4.78, 5) is 12.5. The summed E-state index contributed by atoms with van der Waals surface area (Å²) >= 11 is 0. The highest BCUT2D eigenvalue weighted by Gasteiger charge is 2.19. The maximum absolute atomic E-state index is 12.5. The summed E-state index contributed by atoms with van der Waals surface area (Å²) in [5.41, 5.74) is 3.95. The summed E-state index contributed by atoms with van der Waals surface area (Å²) in [6, 6.07) is 15.7. The molecule has 1 N–H and O–H groups in total. The molecule has 1 aliphatic rings. The van der Waals surface area contributed by atoms with Crippen molar-refractivity contribution < 1.29 is 19.0 Å². The Morgan fingerprint density at radius 1 is 1.15 bits per heavy atom. The Morgan fingerprint density at radius 2 is 1.94 bits per heavy atom. The molecule has 0 aliphatic heterocycles. The van der Waals surface area contributed by atoms with Gasteiger partial charge in [-0.1, -0.05) is 55.8 Å². The number of anilines is 1. The number of amides is 1. The zero-order chi connectivity index (χ0) is 23.5. The summed E-state index contributed by atoms with van der Waals surface area (Å²) in [6.07, 6.45) is 9.84. The van der Waals surface area contributed by atoms with Crippen molar-refractivity contribution in [3.63, 3.8) is 0 Å². The van der Waals surface area contributed by atoms with Crippen LogP contribution in [0.4, 0.5) is 5.69 Å². The first-order valence-electron chi connectivity index (χ1n) is 11.4. The van der Waals surface area contributed by atoms with Crippen LogP contribution in [0.3, 0.4) is 0 Å². The van der Waals surface area contributed by atoms with E-state index < -0.39 is 0 Å². The number of unbranched alkanes of at least 4 members (excludes halogenated alkanes) is 1. The van der Waals surface area contributed by atoms with E-state index in [1.165, 1.54) is 17.2 Å². The molecule has 0 saturated carbocycles. The monoisotopic (exact) mass is 447 g/mol. The number of methoxy groups -OCH3 is 1. The summed E-state index contributed by atoms with van der Waals surface area (Å²) in [5, 5.41) is 2.90. The molecule has 5 heteroatoms. The summed E-state index contributed by atoms with van der Waals surface area (Å²) in [6.45, 7) is 5.35. The molecule has 0 radical (unpaired) electrons. The second kappa shape index (κ2) is 12.7. The zero-order valence-electron chi connectivity index (χ0n) is 19.7. The molecular formula is C28H33NO4. The number of carbonyl (C=O) groups excluding carboxylic acids is 1. The molecular weight excluding hydrogens is 414 g/mol. The third kappa shape index (κ3) is 7.36. The smallest absolute Gasteiger partial charge is 0.248 e. The number of hydrogen-bond acceptors (Lipinski definition) is 4. The number of hydrogen-bond donors (Lipinski definition) is 1. The molecule has 1 atom stereocenters. The number of aryl methyl sites for hydroxylation is 1. The Balaban J connectivity index is 1.56. The van der Waals surface area contributed by atoms with Crippen LogP contribution in [0.5, 0.6) is 5.75 Å². The number of carbonyl (C=O) groups is 1. The molecule has 1 unspecified atom stereocenters. The molecule has 2 aromatic rings. The van der Waals surface area contributed by atoms with Gasteiger partial charge in [0.2, 0.25) is 5.91 Å². The lowest BCUT2D eigenvalue weighted by Crippen LogP contribution is -2.19. The predicted octanol–water partition coefficient (Wildman–Crippen LogP) is 6.11. The first-order valence-corrected chi connectivity index (χ1v) is 11.4. The molecule has 1 amide bonds. The third-order valence-electron chi connectivity index (χ3n) is 5.46. The highest BCUT2D eigenvalue weighted by atomic mass is 16.5. The van der Waals surface area contributed by atoms with Crippen molar-refractivity contribution in [2.75, 3.05) is 19.0 Å². The lowest BCUT2D eigenvalue weighted by molar-refractivity contribution is -0.111. The maximum Gasteiger partial charge on any atom is 0.248 e. The minimum absolute atomic E-state index is 0.146. The predicted molar refractivity (Wildman–Crippen MR) is 132 cm³/mol. The van der Waals surface area contributed by atoms with E-state index in [1.54, 1.807) is 13.2 Å². The Kier molecular flexibility index (Phi) is 9.33. The van der Waals surface area contributed by atoms with Gasteiger partial charge in [-0.25, -0.2) is 0 Å². The van der Waals surface area contributed by atoms with E-state index in [2.05, 4.69) is 37.4 Å². The summed E-state index contributed by atoms with van der Waals surface area (Å²) in [5.74, 6) is 1.22. The molecule has 33 heavy (non-hydrogen) atoms. The van der Waals surface area contributed by atoms with Crippen LogP contribution in [0.25, 0.3) is 0 Å². The van der Waals surface area contributed by atoms with Crippen molar-refractivity contribution in [3.8, 4) is 5.75 Å². The largest absolute Gasteiger partial charge is 0.498 e. The highest BCUT2D eigenvalue weighted by molar-refractivity contribution is 6.00. The molecule has 0 spiro atoms. The zero-order valence-corrected chi connectivity index (χ0v) is 19.7. The number of nitrogens with one attached hydrogen (secondary N) is 1. The second-order valence-corrected chi connectivity index (χ2v) is 7.94. The van der Waals surface area contributed by atoms with Crippen LogP contribution in [-0.4, -0.2) is 25.7 Å². The van der Waals surface area contributed by atoms with Gasteiger partial charge in [-0.15, -0.1) is 0 Å². The van der Waals surface area contributed by atoms with Crippen LogP contribution < -0.4 is 10.1 Å². The van der Waals surface area contributed by atoms with Gasteiger partial charge in [0, 0.05) is 6.08 Å². The molecule has 0 aromatic heterocycles. The number of para-hydroxylation sites is 2. The Bertz CT molecular complexity index is 1020. The van der Waals surface area contributed by atoms with Crippen LogP contribution in [0.2, 0.25) is 0 Å². The van der Waals surface area contributed by atoms with Gasteiger partial charge in [-0.2, -0.15) is 0 Å². The topological polar surface area (TPSA) is 56.8 Å². The van der Waals surface area contributed by atoms with E-state index in [1.807, 2.05) is 42.5 Å². The highest BCUT2D eigenvalue weighted by Crippen LogP contribution is 2.25. The van der Waals surface area contributed by atoms with E-state index >= 15 is 0 Å². The van der Waals surface area contributed by atoms with Gasteiger partial charge >= 0.3 is 0 Å². The lowest BCUT2D eigenvalue weighted by atomic mass is 10.0.